The van der Waals surface area contributed by atoms with Crippen molar-refractivity contribution < 1.29 is 43.0 Å². The van der Waals surface area contributed by atoms with Gasteiger partial charge in [0.25, 0.3) is 5.91 Å². The molecule has 2 aromatic rings. The van der Waals surface area contributed by atoms with Gasteiger partial charge in [-0.15, -0.1) is 0 Å². The molecule has 1 saturated carbocycles. The fourth-order valence-electron chi connectivity index (χ4n) is 6.79. The highest BCUT2D eigenvalue weighted by molar-refractivity contribution is 6.37. The van der Waals surface area contributed by atoms with Gasteiger partial charge in [-0.25, -0.2) is 4.79 Å². The molecule has 2 fully saturated rings. The number of benzene rings is 2. The van der Waals surface area contributed by atoms with Crippen molar-refractivity contribution in [3.63, 3.8) is 0 Å². The molecule has 2 aromatic carbocycles. The number of Topliss-reactive ketones (excluding diaryl/α,β-unsaturated/α-hetero) is 1. The number of likely N-dealkylation sites (tertiary alicyclic amines) is 1. The van der Waals surface area contributed by atoms with E-state index in [-0.39, 0.29) is 45.1 Å². The van der Waals surface area contributed by atoms with Crippen molar-refractivity contribution in [3.05, 3.63) is 59.7 Å². The van der Waals surface area contributed by atoms with Gasteiger partial charge >= 0.3 is 6.09 Å². The summed E-state index contributed by atoms with van der Waals surface area (Å²) in [6, 6.07) is 11.2. The van der Waals surface area contributed by atoms with Gasteiger partial charge in [0.15, 0.2) is 17.1 Å². The molecule has 14 heteroatoms. The van der Waals surface area contributed by atoms with E-state index < -0.39 is 58.7 Å². The van der Waals surface area contributed by atoms with E-state index in [0.717, 1.165) is 30.4 Å². The van der Waals surface area contributed by atoms with Crippen LogP contribution in [0.5, 0.6) is 11.5 Å². The lowest BCUT2D eigenvalue weighted by atomic mass is 9.80. The zero-order valence-corrected chi connectivity index (χ0v) is 28.4. The number of rotatable bonds is 11. The van der Waals surface area contributed by atoms with Crippen LogP contribution in [0.25, 0.3) is 0 Å². The first-order valence-electron chi connectivity index (χ1n) is 16.9. The van der Waals surface area contributed by atoms with Crippen molar-refractivity contribution in [1.82, 2.24) is 15.5 Å². The molecule has 266 valence electrons. The van der Waals surface area contributed by atoms with E-state index >= 15 is 0 Å². The fourth-order valence-corrected chi connectivity index (χ4v) is 6.79. The molecule has 1 saturated heterocycles. The second-order valence-corrected chi connectivity index (χ2v) is 14.6. The van der Waals surface area contributed by atoms with Crippen molar-refractivity contribution >= 4 is 35.3 Å². The number of ether oxygens (including phenoxy) is 3. The molecule has 0 radical (unpaired) electrons. The first-order chi connectivity index (χ1) is 23.8. The van der Waals surface area contributed by atoms with Gasteiger partial charge in [-0.05, 0) is 41.5 Å². The molecule has 3 aliphatic heterocycles. The van der Waals surface area contributed by atoms with Crippen LogP contribution in [-0.4, -0.2) is 77.3 Å². The Labute approximate surface area is 290 Å². The highest BCUT2D eigenvalue weighted by Crippen LogP contribution is 2.41. The molecule has 0 bridgehead atoms. The summed E-state index contributed by atoms with van der Waals surface area (Å²) in [5.41, 5.74) is 5.58. The van der Waals surface area contributed by atoms with Gasteiger partial charge in [0.05, 0.1) is 18.3 Å². The average Bonchev–Trinajstić information content (AvgIpc) is 3.81. The first-order valence-corrected chi connectivity index (χ1v) is 16.9. The molecule has 3 heterocycles. The van der Waals surface area contributed by atoms with Crippen LogP contribution >= 0.6 is 0 Å². The van der Waals surface area contributed by atoms with E-state index in [1.54, 1.807) is 32.9 Å². The van der Waals surface area contributed by atoms with E-state index in [1.807, 2.05) is 36.4 Å². The maximum Gasteiger partial charge on any atom is 0.408 e. The number of primary amides is 1. The summed E-state index contributed by atoms with van der Waals surface area (Å²) < 4.78 is 16.4. The maximum absolute atomic E-state index is 14.5. The number of nitrogens with zero attached hydrogens (tertiary/aromatic N) is 2. The molecule has 14 nitrogen and oxygen atoms in total. The predicted molar refractivity (Wildman–Crippen MR) is 179 cm³/mol. The SMILES string of the molecule is CC(C)(C)[C@H](NC(=O)OCc1ccccc1)C(=O)N1C[C@@]2(CC(c3ccc4c(c3)OCO4)=NO2)C[C@H]1C(=O)N[C@@H](CC1CCC1)C(=O)C(N)=O. The average molecular weight is 690 g/mol. The highest BCUT2D eigenvalue weighted by Gasteiger charge is 2.56. The normalized spacial score (nSPS) is 22.2. The van der Waals surface area contributed by atoms with Gasteiger partial charge in [0, 0.05) is 18.4 Å². The van der Waals surface area contributed by atoms with E-state index in [1.165, 1.54) is 4.90 Å². The number of alkyl carbamates (subject to hydrolysis) is 1. The van der Waals surface area contributed by atoms with Gasteiger partial charge in [0.1, 0.15) is 18.7 Å². The lowest BCUT2D eigenvalue weighted by Gasteiger charge is -2.35. The van der Waals surface area contributed by atoms with Gasteiger partial charge in [-0.2, -0.15) is 0 Å². The number of nitrogens with two attached hydrogens (primary N) is 1. The van der Waals surface area contributed by atoms with Crippen molar-refractivity contribution in [1.29, 1.82) is 0 Å². The fraction of sp³-hybridized carbons (Fsp3) is 0.500. The topological polar surface area (TPSA) is 188 Å². The summed E-state index contributed by atoms with van der Waals surface area (Å²) in [6.45, 7) is 5.46. The third-order valence-electron chi connectivity index (χ3n) is 9.79. The molecular formula is C36H43N5O9. The Morgan fingerprint density at radius 2 is 1.78 bits per heavy atom. The Bertz CT molecular complexity index is 1690. The summed E-state index contributed by atoms with van der Waals surface area (Å²) in [5, 5.41) is 9.83. The third kappa shape index (κ3) is 7.53. The van der Waals surface area contributed by atoms with Crippen LogP contribution in [0.4, 0.5) is 4.79 Å². The smallest absolute Gasteiger partial charge is 0.408 e. The predicted octanol–water partition coefficient (Wildman–Crippen LogP) is 2.95. The number of fused-ring (bicyclic) bond motifs is 1. The van der Waals surface area contributed by atoms with Gasteiger partial charge in [0.2, 0.25) is 24.4 Å². The number of ketones is 1. The van der Waals surface area contributed by atoms with E-state index in [0.29, 0.717) is 17.2 Å². The zero-order chi connectivity index (χ0) is 35.6. The Morgan fingerprint density at radius 1 is 1.04 bits per heavy atom. The third-order valence-corrected chi connectivity index (χ3v) is 9.79. The van der Waals surface area contributed by atoms with Crippen LogP contribution in [0, 0.1) is 11.3 Å². The minimum absolute atomic E-state index is 0.000326. The van der Waals surface area contributed by atoms with Crippen LogP contribution < -0.4 is 25.8 Å². The summed E-state index contributed by atoms with van der Waals surface area (Å²) >= 11 is 0. The lowest BCUT2D eigenvalue weighted by molar-refractivity contribution is -0.144. The van der Waals surface area contributed by atoms with Crippen molar-refractivity contribution in [2.75, 3.05) is 13.3 Å². The molecule has 1 spiro atoms. The number of hydrogen-bond acceptors (Lipinski definition) is 10. The quantitative estimate of drug-likeness (QED) is 0.298. The molecule has 4 aliphatic rings. The Morgan fingerprint density at radius 3 is 2.46 bits per heavy atom. The van der Waals surface area contributed by atoms with Crippen LogP contribution in [0.2, 0.25) is 0 Å². The Kier molecular flexibility index (Phi) is 9.72. The molecular weight excluding hydrogens is 646 g/mol. The molecule has 4 N–H and O–H groups in total. The standard InChI is InChI=1S/C36H43N5O9/c1-35(2,3)30(39-34(46)47-18-22-8-5-4-6-9-22)33(45)41-19-36(16-25(40-50-36)23-12-13-27-28(15-23)49-20-48-27)17-26(41)32(44)38-24(29(42)31(37)43)14-21-10-7-11-21/h4-6,8-9,12-13,15,21,24,26,30H,7,10-11,14,16-20H2,1-3H3,(H2,37,43)(H,38,44)(H,39,46)/t24-,26-,30+,36+/m0/s1. The van der Waals surface area contributed by atoms with E-state index in [2.05, 4.69) is 15.8 Å². The number of amides is 4. The van der Waals surface area contributed by atoms with Crippen molar-refractivity contribution in [2.45, 2.75) is 89.6 Å². The Hall–Kier alpha value is -5.14. The number of oxime groups is 1. The molecule has 4 amide bonds. The van der Waals surface area contributed by atoms with Crippen molar-refractivity contribution in [3.8, 4) is 11.5 Å². The largest absolute Gasteiger partial charge is 0.454 e. The van der Waals surface area contributed by atoms with E-state index in [4.69, 9.17) is 24.8 Å². The number of carbonyl (C=O) groups excluding carboxylic acids is 5. The minimum atomic E-state index is -1.14. The Balaban J connectivity index is 1.24. The van der Waals surface area contributed by atoms with Gasteiger partial charge in [-0.3, -0.25) is 19.2 Å². The first kappa shape index (κ1) is 34.7. The number of carbonyl (C=O) groups is 5. The molecule has 1 aliphatic carbocycles. The summed E-state index contributed by atoms with van der Waals surface area (Å²) in [6.07, 6.45) is 2.53. The van der Waals surface area contributed by atoms with Crippen molar-refractivity contribution in [2.24, 2.45) is 22.2 Å². The van der Waals surface area contributed by atoms with Crippen LogP contribution in [0.3, 0.4) is 0 Å². The summed E-state index contributed by atoms with van der Waals surface area (Å²) in [7, 11) is 0. The number of nitrogens with one attached hydrogen (secondary N) is 2. The highest BCUT2D eigenvalue weighted by atomic mass is 16.7. The van der Waals surface area contributed by atoms with Gasteiger partial charge in [-0.1, -0.05) is 75.5 Å². The summed E-state index contributed by atoms with van der Waals surface area (Å²) in [4.78, 5) is 73.9. The molecule has 0 unspecified atom stereocenters. The zero-order valence-electron chi connectivity index (χ0n) is 28.4. The molecule has 4 atom stereocenters. The second-order valence-electron chi connectivity index (χ2n) is 14.6. The second kappa shape index (κ2) is 14.0. The maximum atomic E-state index is 14.5. The lowest BCUT2D eigenvalue weighted by Crippen LogP contribution is -2.59. The summed E-state index contributed by atoms with van der Waals surface area (Å²) in [5.74, 6) is -1.85. The number of hydrogen-bond donors (Lipinski definition) is 3. The molecule has 0 aromatic heterocycles. The van der Waals surface area contributed by atoms with E-state index in [9.17, 15) is 24.0 Å². The van der Waals surface area contributed by atoms with Gasteiger partial charge < -0.3 is 40.3 Å². The monoisotopic (exact) mass is 689 g/mol. The van der Waals surface area contributed by atoms with Crippen LogP contribution in [-0.2, 0) is 35.4 Å². The molecule has 6 rings (SSSR count). The molecule has 50 heavy (non-hydrogen) atoms. The van der Waals surface area contributed by atoms with Crippen LogP contribution in [0.15, 0.2) is 53.7 Å². The minimum Gasteiger partial charge on any atom is -0.454 e. The van der Waals surface area contributed by atoms with Crippen LogP contribution in [0.1, 0.15) is 70.4 Å².